The van der Waals surface area contributed by atoms with Gasteiger partial charge in [-0.3, -0.25) is 0 Å². The maximum Gasteiger partial charge on any atom is 0.187 e. The summed E-state index contributed by atoms with van der Waals surface area (Å²) in [6.45, 7) is 3.53. The van der Waals surface area contributed by atoms with Crippen LogP contribution in [0.25, 0.3) is 0 Å². The molecule has 5 heteroatoms. The number of rotatable bonds is 1. The van der Waals surface area contributed by atoms with Crippen molar-refractivity contribution in [2.24, 2.45) is 0 Å². The number of hydrogen-bond donors (Lipinski definition) is 4. The van der Waals surface area contributed by atoms with E-state index in [0.717, 1.165) is 0 Å². The summed E-state index contributed by atoms with van der Waals surface area (Å²) >= 11 is 0. The summed E-state index contributed by atoms with van der Waals surface area (Å²) in [5.41, 5.74) is -4.84. The molecule has 0 saturated carbocycles. The Morgan fingerprint density at radius 2 is 1.69 bits per heavy atom. The first kappa shape index (κ1) is 10.9. The van der Waals surface area contributed by atoms with Crippen molar-refractivity contribution >= 4 is 0 Å². The van der Waals surface area contributed by atoms with E-state index in [4.69, 9.17) is 9.84 Å². The van der Waals surface area contributed by atoms with Gasteiger partial charge in [-0.05, 0) is 20.8 Å². The van der Waals surface area contributed by atoms with Crippen molar-refractivity contribution < 1.29 is 25.2 Å². The second-order valence-electron chi connectivity index (χ2n) is 4.08. The van der Waals surface area contributed by atoms with Gasteiger partial charge in [0.25, 0.3) is 0 Å². The molecule has 4 unspecified atom stereocenters. The lowest BCUT2D eigenvalue weighted by Gasteiger charge is -2.38. The molecule has 5 nitrogen and oxygen atoms in total. The highest BCUT2D eigenvalue weighted by atomic mass is 16.7. The monoisotopic (exact) mass is 192 g/mol. The van der Waals surface area contributed by atoms with Crippen LogP contribution >= 0.6 is 0 Å². The van der Waals surface area contributed by atoms with Gasteiger partial charge in [-0.25, -0.2) is 0 Å². The maximum atomic E-state index is 9.92. The SMILES string of the molecule is CC1(CO)OC(O)C(C)(O)C1(C)O. The fourth-order valence-corrected chi connectivity index (χ4v) is 1.44. The first-order valence-electron chi connectivity index (χ1n) is 4.10. The minimum atomic E-state index is -1.79. The number of aliphatic hydroxyl groups is 4. The molecule has 13 heavy (non-hydrogen) atoms. The lowest BCUT2D eigenvalue weighted by molar-refractivity contribution is -0.185. The Balaban J connectivity index is 3.11. The van der Waals surface area contributed by atoms with E-state index < -0.39 is 29.7 Å². The molecular formula is C8H16O5. The van der Waals surface area contributed by atoms with E-state index in [9.17, 15) is 15.3 Å². The van der Waals surface area contributed by atoms with E-state index in [1.165, 1.54) is 20.8 Å². The van der Waals surface area contributed by atoms with Crippen molar-refractivity contribution in [3.63, 3.8) is 0 Å². The molecule has 0 aromatic carbocycles. The average molecular weight is 192 g/mol. The fraction of sp³-hybridized carbons (Fsp3) is 1.00. The van der Waals surface area contributed by atoms with Crippen LogP contribution in [0.1, 0.15) is 20.8 Å². The number of hydrogen-bond acceptors (Lipinski definition) is 5. The Labute approximate surface area is 76.6 Å². The van der Waals surface area contributed by atoms with Gasteiger partial charge in [0.15, 0.2) is 6.29 Å². The summed E-state index contributed by atoms with van der Waals surface area (Å²) in [6.07, 6.45) is -1.50. The Hall–Kier alpha value is -0.200. The van der Waals surface area contributed by atoms with Crippen LogP contribution in [0.4, 0.5) is 0 Å². The van der Waals surface area contributed by atoms with Gasteiger partial charge in [-0.2, -0.15) is 0 Å². The first-order chi connectivity index (χ1) is 5.69. The van der Waals surface area contributed by atoms with Gasteiger partial charge >= 0.3 is 0 Å². The number of ether oxygens (including phenoxy) is 1. The van der Waals surface area contributed by atoms with Crippen molar-refractivity contribution in [1.82, 2.24) is 0 Å². The smallest absolute Gasteiger partial charge is 0.187 e. The summed E-state index contributed by atoms with van der Waals surface area (Å²) in [5, 5.41) is 38.0. The van der Waals surface area contributed by atoms with E-state index in [1.807, 2.05) is 0 Å². The van der Waals surface area contributed by atoms with Crippen molar-refractivity contribution in [3.05, 3.63) is 0 Å². The number of aliphatic hydroxyl groups excluding tert-OH is 2. The third-order valence-corrected chi connectivity index (χ3v) is 3.17. The standard InChI is InChI=1S/C8H16O5/c1-6(4-9)8(3,12)7(2,11)5(10)13-6/h5,9-12H,4H2,1-3H3. The van der Waals surface area contributed by atoms with Crippen molar-refractivity contribution in [2.75, 3.05) is 6.61 Å². The van der Waals surface area contributed by atoms with E-state index in [0.29, 0.717) is 0 Å². The van der Waals surface area contributed by atoms with Gasteiger partial charge in [0, 0.05) is 0 Å². The van der Waals surface area contributed by atoms with Gasteiger partial charge < -0.3 is 25.2 Å². The second kappa shape index (κ2) is 2.65. The summed E-state index contributed by atoms with van der Waals surface area (Å²) in [4.78, 5) is 0. The highest BCUT2D eigenvalue weighted by molar-refractivity contribution is 5.13. The molecule has 0 spiro atoms. The Morgan fingerprint density at radius 3 is 1.85 bits per heavy atom. The molecule has 1 aliphatic heterocycles. The minimum Gasteiger partial charge on any atom is -0.393 e. The second-order valence-corrected chi connectivity index (χ2v) is 4.08. The third kappa shape index (κ3) is 1.12. The molecule has 1 rings (SSSR count). The predicted molar refractivity (Wildman–Crippen MR) is 43.8 cm³/mol. The molecule has 1 fully saturated rings. The Bertz CT molecular complexity index is 213. The molecule has 4 N–H and O–H groups in total. The summed E-state index contributed by atoms with van der Waals surface area (Å²) in [6, 6.07) is 0. The van der Waals surface area contributed by atoms with Gasteiger partial charge in [-0.1, -0.05) is 0 Å². The fourth-order valence-electron chi connectivity index (χ4n) is 1.44. The highest BCUT2D eigenvalue weighted by Gasteiger charge is 2.66. The molecule has 0 aliphatic carbocycles. The molecular weight excluding hydrogens is 176 g/mol. The first-order valence-corrected chi connectivity index (χ1v) is 4.10. The van der Waals surface area contributed by atoms with Crippen LogP contribution in [0.2, 0.25) is 0 Å². The largest absolute Gasteiger partial charge is 0.393 e. The molecule has 0 radical (unpaired) electrons. The molecule has 0 aromatic heterocycles. The van der Waals surface area contributed by atoms with Crippen LogP contribution in [-0.4, -0.2) is 50.1 Å². The topological polar surface area (TPSA) is 90.2 Å². The summed E-state index contributed by atoms with van der Waals surface area (Å²) in [5.74, 6) is 0. The van der Waals surface area contributed by atoms with Crippen molar-refractivity contribution in [2.45, 2.75) is 43.9 Å². The van der Waals surface area contributed by atoms with Crippen LogP contribution in [0, 0.1) is 0 Å². The Kier molecular flexibility index (Phi) is 2.22. The van der Waals surface area contributed by atoms with Crippen LogP contribution in [-0.2, 0) is 4.74 Å². The molecule has 4 atom stereocenters. The Morgan fingerprint density at radius 1 is 1.23 bits per heavy atom. The zero-order valence-corrected chi connectivity index (χ0v) is 7.98. The highest BCUT2D eigenvalue weighted by Crippen LogP contribution is 2.45. The summed E-state index contributed by atoms with van der Waals surface area (Å²) < 4.78 is 4.93. The quantitative estimate of drug-likeness (QED) is 0.410. The zero-order valence-electron chi connectivity index (χ0n) is 7.98. The molecule has 1 aliphatic rings. The van der Waals surface area contributed by atoms with Crippen LogP contribution in [0.5, 0.6) is 0 Å². The van der Waals surface area contributed by atoms with Gasteiger partial charge in [0.05, 0.1) is 6.61 Å². The molecule has 0 aromatic rings. The van der Waals surface area contributed by atoms with Crippen molar-refractivity contribution in [1.29, 1.82) is 0 Å². The normalized spacial score (nSPS) is 57.0. The van der Waals surface area contributed by atoms with E-state index in [2.05, 4.69) is 0 Å². The maximum absolute atomic E-state index is 9.92. The lowest BCUT2D eigenvalue weighted by atomic mass is 9.77. The minimum absolute atomic E-state index is 0.479. The molecule has 78 valence electrons. The molecule has 1 saturated heterocycles. The van der Waals surface area contributed by atoms with E-state index >= 15 is 0 Å². The van der Waals surface area contributed by atoms with Crippen molar-refractivity contribution in [3.8, 4) is 0 Å². The average Bonchev–Trinajstić information content (AvgIpc) is 2.12. The molecule has 0 bridgehead atoms. The predicted octanol–water partition coefficient (Wildman–Crippen LogP) is -1.41. The third-order valence-electron chi connectivity index (χ3n) is 3.17. The summed E-state index contributed by atoms with van der Waals surface area (Å²) in [7, 11) is 0. The van der Waals surface area contributed by atoms with E-state index in [-0.39, 0.29) is 0 Å². The van der Waals surface area contributed by atoms with Gasteiger partial charge in [0.1, 0.15) is 16.8 Å². The molecule has 1 heterocycles. The van der Waals surface area contributed by atoms with Gasteiger partial charge in [0.2, 0.25) is 0 Å². The van der Waals surface area contributed by atoms with Gasteiger partial charge in [-0.15, -0.1) is 0 Å². The van der Waals surface area contributed by atoms with E-state index in [1.54, 1.807) is 0 Å². The molecule has 0 amide bonds. The lowest BCUT2D eigenvalue weighted by Crippen LogP contribution is -2.60. The van der Waals surface area contributed by atoms with Crippen LogP contribution in [0.15, 0.2) is 0 Å². The van der Waals surface area contributed by atoms with Crippen LogP contribution < -0.4 is 0 Å². The van der Waals surface area contributed by atoms with Crippen LogP contribution in [0.3, 0.4) is 0 Å². The zero-order chi connectivity index (χ0) is 10.5.